The summed E-state index contributed by atoms with van der Waals surface area (Å²) in [5.74, 6) is 0.216. The van der Waals surface area contributed by atoms with Crippen LogP contribution in [0.25, 0.3) is 0 Å². The number of amides is 2. The molecule has 1 aliphatic heterocycles. The maximum absolute atomic E-state index is 12.3. The standard InChI is InChI=1S/C18H26N2O5/c1-12(10-13-4-5-15(24-2)16(11-13)25-3)19-18(23)20-8-6-14(7-9-20)17(21)22/h4-5,11-12,14H,6-10H2,1-3H3,(H,19,23)(H,21,22). The molecule has 0 bridgehead atoms. The first-order chi connectivity index (χ1) is 11.9. The molecule has 1 saturated heterocycles. The van der Waals surface area contributed by atoms with Gasteiger partial charge in [-0.3, -0.25) is 4.79 Å². The van der Waals surface area contributed by atoms with Gasteiger partial charge in [0.15, 0.2) is 11.5 Å². The Morgan fingerprint density at radius 3 is 2.44 bits per heavy atom. The molecule has 0 aliphatic carbocycles. The molecule has 25 heavy (non-hydrogen) atoms. The first-order valence-electron chi connectivity index (χ1n) is 8.43. The van der Waals surface area contributed by atoms with Crippen LogP contribution in [0.3, 0.4) is 0 Å². The number of urea groups is 1. The number of rotatable bonds is 6. The van der Waals surface area contributed by atoms with Crippen LogP contribution >= 0.6 is 0 Å². The van der Waals surface area contributed by atoms with Gasteiger partial charge in [0, 0.05) is 19.1 Å². The van der Waals surface area contributed by atoms with E-state index in [4.69, 9.17) is 14.6 Å². The summed E-state index contributed by atoms with van der Waals surface area (Å²) < 4.78 is 10.5. The van der Waals surface area contributed by atoms with Gasteiger partial charge >= 0.3 is 12.0 Å². The van der Waals surface area contributed by atoms with Crippen LogP contribution < -0.4 is 14.8 Å². The zero-order valence-corrected chi connectivity index (χ0v) is 14.9. The highest BCUT2D eigenvalue weighted by Gasteiger charge is 2.27. The highest BCUT2D eigenvalue weighted by molar-refractivity contribution is 5.75. The smallest absolute Gasteiger partial charge is 0.317 e. The van der Waals surface area contributed by atoms with Crippen molar-refractivity contribution in [3.8, 4) is 11.5 Å². The number of hydrogen-bond donors (Lipinski definition) is 2. The fourth-order valence-electron chi connectivity index (χ4n) is 3.04. The summed E-state index contributed by atoms with van der Waals surface area (Å²) >= 11 is 0. The predicted molar refractivity (Wildman–Crippen MR) is 93.2 cm³/mol. The van der Waals surface area contributed by atoms with Crippen molar-refractivity contribution in [2.75, 3.05) is 27.3 Å². The minimum Gasteiger partial charge on any atom is -0.493 e. The van der Waals surface area contributed by atoms with E-state index in [9.17, 15) is 9.59 Å². The fraction of sp³-hybridized carbons (Fsp3) is 0.556. The number of likely N-dealkylation sites (tertiary alicyclic amines) is 1. The van der Waals surface area contributed by atoms with Gasteiger partial charge in [0.1, 0.15) is 0 Å². The maximum atomic E-state index is 12.3. The van der Waals surface area contributed by atoms with Crippen LogP contribution in [-0.2, 0) is 11.2 Å². The normalized spacial score (nSPS) is 16.2. The zero-order chi connectivity index (χ0) is 18.4. The molecule has 1 atom stereocenters. The van der Waals surface area contributed by atoms with Crippen LogP contribution in [0.2, 0.25) is 0 Å². The van der Waals surface area contributed by atoms with Crippen LogP contribution in [-0.4, -0.2) is 55.4 Å². The van der Waals surface area contributed by atoms with E-state index in [0.717, 1.165) is 5.56 Å². The van der Waals surface area contributed by atoms with Crippen molar-refractivity contribution in [1.82, 2.24) is 10.2 Å². The second-order valence-electron chi connectivity index (χ2n) is 6.34. The number of hydrogen-bond acceptors (Lipinski definition) is 4. The first kappa shape index (κ1) is 18.9. The molecule has 0 saturated carbocycles. The van der Waals surface area contributed by atoms with E-state index in [-0.39, 0.29) is 18.0 Å². The number of nitrogens with one attached hydrogen (secondary N) is 1. The second kappa shape index (κ2) is 8.60. The predicted octanol–water partition coefficient (Wildman–Crippen LogP) is 2.14. The van der Waals surface area contributed by atoms with Gasteiger partial charge in [0.2, 0.25) is 0 Å². The lowest BCUT2D eigenvalue weighted by Crippen LogP contribution is -2.48. The third-order valence-electron chi connectivity index (χ3n) is 4.49. The lowest BCUT2D eigenvalue weighted by atomic mass is 9.97. The summed E-state index contributed by atoms with van der Waals surface area (Å²) in [5, 5.41) is 12.0. The van der Waals surface area contributed by atoms with Crippen molar-refractivity contribution < 1.29 is 24.2 Å². The number of benzene rings is 1. The van der Waals surface area contributed by atoms with Crippen LogP contribution in [0.4, 0.5) is 4.79 Å². The molecule has 1 aromatic carbocycles. The summed E-state index contributed by atoms with van der Waals surface area (Å²) in [7, 11) is 3.18. The molecule has 2 N–H and O–H groups in total. The summed E-state index contributed by atoms with van der Waals surface area (Å²) in [6.07, 6.45) is 1.68. The molecule has 2 rings (SSSR count). The number of ether oxygens (including phenoxy) is 2. The van der Waals surface area contributed by atoms with Crippen LogP contribution in [0.1, 0.15) is 25.3 Å². The lowest BCUT2D eigenvalue weighted by molar-refractivity contribution is -0.143. The molecule has 0 aromatic heterocycles. The molecule has 1 aliphatic rings. The Labute approximate surface area is 147 Å². The van der Waals surface area contributed by atoms with E-state index in [1.54, 1.807) is 19.1 Å². The first-order valence-corrected chi connectivity index (χ1v) is 8.43. The van der Waals surface area contributed by atoms with E-state index in [0.29, 0.717) is 43.9 Å². The zero-order valence-electron chi connectivity index (χ0n) is 14.9. The average molecular weight is 350 g/mol. The van der Waals surface area contributed by atoms with E-state index >= 15 is 0 Å². The Kier molecular flexibility index (Phi) is 6.50. The van der Waals surface area contributed by atoms with Crippen molar-refractivity contribution in [2.45, 2.75) is 32.2 Å². The third-order valence-corrected chi connectivity index (χ3v) is 4.49. The van der Waals surface area contributed by atoms with Crippen molar-refractivity contribution in [2.24, 2.45) is 5.92 Å². The molecule has 0 radical (unpaired) electrons. The van der Waals surface area contributed by atoms with Crippen molar-refractivity contribution in [3.05, 3.63) is 23.8 Å². The minimum atomic E-state index is -0.776. The average Bonchev–Trinajstić information content (AvgIpc) is 2.61. The Morgan fingerprint density at radius 2 is 1.88 bits per heavy atom. The fourth-order valence-corrected chi connectivity index (χ4v) is 3.04. The van der Waals surface area contributed by atoms with Gasteiger partial charge in [-0.25, -0.2) is 4.79 Å². The summed E-state index contributed by atoms with van der Waals surface area (Å²) in [6.45, 7) is 2.90. The van der Waals surface area contributed by atoms with E-state index in [2.05, 4.69) is 5.32 Å². The number of carboxylic acid groups (broad SMARTS) is 1. The topological polar surface area (TPSA) is 88.1 Å². The molecule has 1 unspecified atom stereocenters. The van der Waals surface area contributed by atoms with E-state index in [1.807, 2.05) is 25.1 Å². The Hall–Kier alpha value is -2.44. The number of aliphatic carboxylic acids is 1. The summed E-state index contributed by atoms with van der Waals surface area (Å²) in [4.78, 5) is 25.0. The molecule has 2 amide bonds. The Balaban J connectivity index is 1.86. The van der Waals surface area contributed by atoms with Gasteiger partial charge in [0.25, 0.3) is 0 Å². The number of carbonyl (C=O) groups excluding carboxylic acids is 1. The molecular formula is C18H26N2O5. The molecule has 1 aromatic rings. The molecule has 7 heteroatoms. The van der Waals surface area contributed by atoms with Crippen molar-refractivity contribution in [3.63, 3.8) is 0 Å². The van der Waals surface area contributed by atoms with Crippen molar-refractivity contribution >= 4 is 12.0 Å². The van der Waals surface area contributed by atoms with E-state index in [1.165, 1.54) is 0 Å². The van der Waals surface area contributed by atoms with Gasteiger partial charge < -0.3 is 24.8 Å². The largest absolute Gasteiger partial charge is 0.493 e. The lowest BCUT2D eigenvalue weighted by Gasteiger charge is -2.31. The van der Waals surface area contributed by atoms with Gasteiger partial charge in [-0.15, -0.1) is 0 Å². The van der Waals surface area contributed by atoms with Crippen LogP contribution in [0.5, 0.6) is 11.5 Å². The van der Waals surface area contributed by atoms with Gasteiger partial charge in [0.05, 0.1) is 20.1 Å². The van der Waals surface area contributed by atoms with Gasteiger partial charge in [-0.1, -0.05) is 6.07 Å². The summed E-state index contributed by atoms with van der Waals surface area (Å²) in [6, 6.07) is 5.50. The highest BCUT2D eigenvalue weighted by atomic mass is 16.5. The number of carbonyl (C=O) groups is 2. The number of piperidine rings is 1. The number of methoxy groups -OCH3 is 2. The van der Waals surface area contributed by atoms with Gasteiger partial charge in [-0.05, 0) is 43.9 Å². The van der Waals surface area contributed by atoms with Crippen LogP contribution in [0.15, 0.2) is 18.2 Å². The maximum Gasteiger partial charge on any atom is 0.317 e. The number of nitrogens with zero attached hydrogens (tertiary/aromatic N) is 1. The Morgan fingerprint density at radius 1 is 1.24 bits per heavy atom. The molecule has 1 fully saturated rings. The highest BCUT2D eigenvalue weighted by Crippen LogP contribution is 2.28. The number of carboxylic acids is 1. The van der Waals surface area contributed by atoms with Crippen LogP contribution in [0, 0.1) is 5.92 Å². The quantitative estimate of drug-likeness (QED) is 0.821. The van der Waals surface area contributed by atoms with Crippen molar-refractivity contribution in [1.29, 1.82) is 0 Å². The molecule has 1 heterocycles. The molecule has 7 nitrogen and oxygen atoms in total. The monoisotopic (exact) mass is 350 g/mol. The third kappa shape index (κ3) is 5.01. The molecular weight excluding hydrogens is 324 g/mol. The van der Waals surface area contributed by atoms with E-state index < -0.39 is 5.97 Å². The minimum absolute atomic E-state index is 0.0530. The molecule has 0 spiro atoms. The van der Waals surface area contributed by atoms with Gasteiger partial charge in [-0.2, -0.15) is 0 Å². The SMILES string of the molecule is COc1ccc(CC(C)NC(=O)N2CCC(C(=O)O)CC2)cc1OC. The summed E-state index contributed by atoms with van der Waals surface area (Å²) in [5.41, 5.74) is 1.04. The molecule has 138 valence electrons. The Bertz CT molecular complexity index is 611. The second-order valence-corrected chi connectivity index (χ2v) is 6.34.